The van der Waals surface area contributed by atoms with Gasteiger partial charge in [0.05, 0.1) is 6.10 Å². The number of carbonyl (C=O) groups excluding carboxylic acids is 16. The van der Waals surface area contributed by atoms with Gasteiger partial charge in [0.25, 0.3) is 0 Å². The topological polar surface area (TPSA) is 478 Å². The molecular formula is C72H117N17O17S. The number of thioether (sulfide) groups is 1. The van der Waals surface area contributed by atoms with Gasteiger partial charge in [-0.25, -0.2) is 0 Å². The molecule has 0 bridgehead atoms. The quantitative estimate of drug-likeness (QED) is 0.0288. The molecule has 16 amide bonds. The lowest BCUT2D eigenvalue weighted by atomic mass is 10.0. The molecule has 7 heterocycles. The molecule has 7 rings (SSSR count). The predicted octanol–water partition coefficient (Wildman–Crippen LogP) is -2.54. The summed E-state index contributed by atoms with van der Waals surface area (Å²) in [5.41, 5.74) is 16.3. The van der Waals surface area contributed by atoms with Crippen LogP contribution in [-0.2, 0) is 76.7 Å². The maximum Gasteiger partial charge on any atom is 0.246 e. The molecule has 7 aliphatic rings. The Morgan fingerprint density at radius 2 is 0.804 bits per heavy atom. The molecule has 15 atom stereocenters. The van der Waals surface area contributed by atoms with E-state index in [-0.39, 0.29) is 128 Å². The molecule has 0 radical (unpaired) electrons. The molecule has 0 aliphatic carbocycles. The lowest BCUT2D eigenvalue weighted by Gasteiger charge is -2.36. The van der Waals surface area contributed by atoms with Gasteiger partial charge in [-0.1, -0.05) is 34.1 Å². The number of nitrogens with two attached hydrogens (primary N) is 3. The number of aliphatic hydroxyl groups is 1. The van der Waals surface area contributed by atoms with Crippen molar-refractivity contribution in [3.63, 3.8) is 0 Å². The van der Waals surface area contributed by atoms with Crippen molar-refractivity contribution < 1.29 is 81.8 Å². The molecule has 7 saturated heterocycles. The number of primary amides is 2. The van der Waals surface area contributed by atoms with Crippen LogP contribution in [0.4, 0.5) is 0 Å². The van der Waals surface area contributed by atoms with Crippen LogP contribution in [0.15, 0.2) is 0 Å². The van der Waals surface area contributed by atoms with Crippen LogP contribution in [0.1, 0.15) is 190 Å². The summed E-state index contributed by atoms with van der Waals surface area (Å²) in [6.45, 7) is 13.2. The second kappa shape index (κ2) is 40.3. The number of hydrogen-bond acceptors (Lipinski definition) is 19. The molecule has 7 aliphatic heterocycles. The lowest BCUT2D eigenvalue weighted by Crippen LogP contribution is -2.61. The van der Waals surface area contributed by atoms with Crippen LogP contribution >= 0.6 is 11.8 Å². The van der Waals surface area contributed by atoms with Crippen molar-refractivity contribution >= 4 is 106 Å². The maximum absolute atomic E-state index is 14.9. The van der Waals surface area contributed by atoms with Gasteiger partial charge in [0.2, 0.25) is 94.5 Å². The van der Waals surface area contributed by atoms with E-state index in [2.05, 4.69) is 37.2 Å². The summed E-state index contributed by atoms with van der Waals surface area (Å²) in [5, 5.41) is 29.5. The van der Waals surface area contributed by atoms with Gasteiger partial charge in [-0.15, -0.1) is 0 Å². The van der Waals surface area contributed by atoms with E-state index in [0.717, 1.165) is 12.8 Å². The lowest BCUT2D eigenvalue weighted by molar-refractivity contribution is -0.151. The Balaban J connectivity index is 0.952. The summed E-state index contributed by atoms with van der Waals surface area (Å²) in [7, 11) is 0. The van der Waals surface area contributed by atoms with Gasteiger partial charge in [0, 0.05) is 58.7 Å². The van der Waals surface area contributed by atoms with Crippen LogP contribution < -0.4 is 54.4 Å². The Kier molecular flexibility index (Phi) is 32.4. The Labute approximate surface area is 630 Å². The van der Waals surface area contributed by atoms with Gasteiger partial charge in [-0.05, 0) is 173 Å². The van der Waals surface area contributed by atoms with Crippen molar-refractivity contribution in [2.24, 2.45) is 29.0 Å². The molecule has 598 valence electrons. The summed E-state index contributed by atoms with van der Waals surface area (Å²) in [4.78, 5) is 232. The van der Waals surface area contributed by atoms with Gasteiger partial charge in [-0.3, -0.25) is 76.7 Å². The third-order valence-electron chi connectivity index (χ3n) is 21.6. The second-order valence-electron chi connectivity index (χ2n) is 30.4. The zero-order valence-corrected chi connectivity index (χ0v) is 64.3. The third kappa shape index (κ3) is 22.3. The highest BCUT2D eigenvalue weighted by molar-refractivity contribution is 7.98. The van der Waals surface area contributed by atoms with Crippen molar-refractivity contribution in [3.8, 4) is 0 Å². The number of unbranched alkanes of at least 4 members (excludes halogenated alkanes) is 2. The van der Waals surface area contributed by atoms with Crippen LogP contribution in [-0.4, -0.2) is 289 Å². The number of rotatable bonds is 36. The zero-order valence-electron chi connectivity index (χ0n) is 63.5. The minimum Gasteiger partial charge on any atom is -0.391 e. The highest BCUT2D eigenvalue weighted by Crippen LogP contribution is 2.33. The third-order valence-corrected chi connectivity index (χ3v) is 22.3. The number of amides is 16. The van der Waals surface area contributed by atoms with Crippen molar-refractivity contribution in [3.05, 3.63) is 0 Å². The summed E-state index contributed by atoms with van der Waals surface area (Å²) in [5.74, 6) is -9.76. The van der Waals surface area contributed by atoms with E-state index < -0.39 is 185 Å². The number of likely N-dealkylation sites (tertiary alicyclic amines) is 7. The van der Waals surface area contributed by atoms with E-state index in [4.69, 9.17) is 17.2 Å². The molecule has 34 nitrogen and oxygen atoms in total. The van der Waals surface area contributed by atoms with Crippen molar-refractivity contribution in [2.75, 3.05) is 64.4 Å². The molecule has 0 spiro atoms. The SMILES string of the molecule is CSCC[C@H](NC(=O)[C@@H](NC(=O)[C@H](C)NC(=O)[C@H](C)NC(=O)CCCCCN)[C@@H](C)O)C(=O)N1CCC[C@H]1C(=O)N1CCC[C@H]1C(=O)N1CCC[C@H]1C(=O)N[C@@H](CC(C)C)C(=O)N1CCC[C@H]1C(=O)N1CCC[C@H]1C(=O)N[C@H](C(=O)N1CCC[C@H]1C(=O)N1CCC[C@H]1C(=O)N[C@@H](CCC(N)=O)C(N)=O)C(C)C. The fourth-order valence-electron chi connectivity index (χ4n) is 15.8. The fraction of sp³-hybridized carbons (Fsp3) is 0.778. The van der Waals surface area contributed by atoms with Gasteiger partial charge >= 0.3 is 0 Å². The molecule has 107 heavy (non-hydrogen) atoms. The normalized spacial score (nSPS) is 23.7. The standard InChI is InChI=1S/C72H117N17O17S/c1-40(2)39-47(67(101)87-35-16-22-51(87)68(102)85-33-14-21-50(85)64(98)81-57(41(3)4)72(106)89-37-18-25-54(89)70(104)83-31-12-19-48(83)62(96)78-45(59(75)93)27-28-55(74)91)80-63(97)49-20-13-32-84(49)69(103)53-24-17-36-88(53)71(105)52-23-15-34-86(52)66(100)46(29-38-107-8)79-65(99)58(44(7)90)82-61(95)43(6)77-60(94)42(5)76-56(92)26-10-9-11-30-73/h40-54,57-58,90H,9-39,73H2,1-8H3,(H2,74,91)(H2,75,93)(H,76,92)(H,77,94)(H,78,96)(H,79,99)(H,80,97)(H,81,98)(H,82,95)/t42-,43-,44+,45-,46-,47-,48-,49-,50-,51-,52-,53-,54-,57-,58-/m0/s1. The summed E-state index contributed by atoms with van der Waals surface area (Å²) in [6.07, 6.45) is 7.63. The first-order valence-electron chi connectivity index (χ1n) is 38.5. The summed E-state index contributed by atoms with van der Waals surface area (Å²) in [6, 6.07) is -15.4. The number of hydrogen-bond donors (Lipinski definition) is 11. The minimum absolute atomic E-state index is 0.110. The van der Waals surface area contributed by atoms with Gasteiger partial charge < -0.3 is 93.8 Å². The molecule has 7 fully saturated rings. The molecule has 0 aromatic heterocycles. The minimum atomic E-state index is -1.58. The Hall–Kier alpha value is -8.21. The molecule has 0 aromatic rings. The van der Waals surface area contributed by atoms with Crippen molar-refractivity contribution in [2.45, 2.75) is 280 Å². The number of carbonyl (C=O) groups is 16. The maximum atomic E-state index is 14.9. The molecule has 0 saturated carbocycles. The monoisotopic (exact) mass is 1520 g/mol. The van der Waals surface area contributed by atoms with Crippen LogP contribution in [0, 0.1) is 11.8 Å². The van der Waals surface area contributed by atoms with Gasteiger partial charge in [0.1, 0.15) is 84.6 Å². The average molecular weight is 1520 g/mol. The Bertz CT molecular complexity index is 3250. The van der Waals surface area contributed by atoms with Crippen LogP contribution in [0.2, 0.25) is 0 Å². The summed E-state index contributed by atoms with van der Waals surface area (Å²) >= 11 is 1.40. The van der Waals surface area contributed by atoms with E-state index in [1.807, 2.05) is 20.1 Å². The predicted molar refractivity (Wildman–Crippen MR) is 392 cm³/mol. The first-order chi connectivity index (χ1) is 50.8. The van der Waals surface area contributed by atoms with Crippen LogP contribution in [0.25, 0.3) is 0 Å². The second-order valence-corrected chi connectivity index (χ2v) is 31.4. The van der Waals surface area contributed by atoms with Crippen LogP contribution in [0.5, 0.6) is 0 Å². The average Bonchev–Trinajstić information content (AvgIpc) is 1.70. The van der Waals surface area contributed by atoms with Gasteiger partial charge in [0.15, 0.2) is 0 Å². The smallest absolute Gasteiger partial charge is 0.246 e. The number of aliphatic hydroxyl groups excluding tert-OH is 1. The molecule has 14 N–H and O–H groups in total. The molecular weight excluding hydrogens is 1410 g/mol. The zero-order chi connectivity index (χ0) is 78.7. The number of nitrogens with one attached hydrogen (secondary N) is 7. The Morgan fingerprint density at radius 3 is 1.22 bits per heavy atom. The van der Waals surface area contributed by atoms with Crippen molar-refractivity contribution in [1.82, 2.24) is 71.5 Å². The first-order valence-corrected chi connectivity index (χ1v) is 39.9. The molecule has 0 unspecified atom stereocenters. The summed E-state index contributed by atoms with van der Waals surface area (Å²) < 4.78 is 0. The van der Waals surface area contributed by atoms with E-state index in [1.54, 1.807) is 13.8 Å². The molecule has 35 heteroatoms. The van der Waals surface area contributed by atoms with Crippen LogP contribution in [0.3, 0.4) is 0 Å². The van der Waals surface area contributed by atoms with E-state index in [0.29, 0.717) is 70.1 Å². The molecule has 0 aromatic carbocycles. The van der Waals surface area contributed by atoms with E-state index >= 15 is 0 Å². The Morgan fingerprint density at radius 1 is 0.411 bits per heavy atom. The first kappa shape index (κ1) is 86.0. The van der Waals surface area contributed by atoms with E-state index in [1.165, 1.54) is 66.8 Å². The van der Waals surface area contributed by atoms with Crippen molar-refractivity contribution in [1.29, 1.82) is 0 Å². The highest BCUT2D eigenvalue weighted by Gasteiger charge is 2.51. The number of nitrogens with zero attached hydrogens (tertiary/aromatic N) is 7. The van der Waals surface area contributed by atoms with E-state index in [9.17, 15) is 81.8 Å². The highest BCUT2D eigenvalue weighted by atomic mass is 32.2. The van der Waals surface area contributed by atoms with Gasteiger partial charge in [-0.2, -0.15) is 11.8 Å². The largest absolute Gasteiger partial charge is 0.391 e. The fourth-order valence-corrected chi connectivity index (χ4v) is 16.3.